The number of nitrogens with zero attached hydrogens (tertiary/aromatic N) is 3. The summed E-state index contributed by atoms with van der Waals surface area (Å²) in [6, 6.07) is 7.69. The lowest BCUT2D eigenvalue weighted by atomic mass is 10.0. The van der Waals surface area contributed by atoms with E-state index >= 15 is 0 Å². The van der Waals surface area contributed by atoms with E-state index in [-0.39, 0.29) is 5.75 Å². The predicted molar refractivity (Wildman–Crippen MR) is 79.7 cm³/mol. The Labute approximate surface area is 118 Å². The van der Waals surface area contributed by atoms with Gasteiger partial charge in [0.2, 0.25) is 0 Å². The third-order valence-corrected chi connectivity index (χ3v) is 3.96. The van der Waals surface area contributed by atoms with Crippen LogP contribution in [0, 0.1) is 0 Å². The first-order valence-corrected chi connectivity index (χ1v) is 6.97. The van der Waals surface area contributed by atoms with Crippen LogP contribution in [-0.2, 0) is 7.05 Å². The number of benzene rings is 1. The lowest BCUT2D eigenvalue weighted by Gasteiger charge is -2.31. The monoisotopic (exact) mass is 272 g/mol. The summed E-state index contributed by atoms with van der Waals surface area (Å²) in [4.78, 5) is 2.30. The van der Waals surface area contributed by atoms with Crippen LogP contribution in [0.15, 0.2) is 30.5 Å². The maximum Gasteiger partial charge on any atom is 0.125 e. The van der Waals surface area contributed by atoms with Gasteiger partial charge in [-0.1, -0.05) is 12.1 Å². The van der Waals surface area contributed by atoms with E-state index in [0.717, 1.165) is 42.9 Å². The van der Waals surface area contributed by atoms with Crippen LogP contribution in [-0.4, -0.2) is 34.0 Å². The Bertz CT molecular complexity index is 600. The van der Waals surface area contributed by atoms with Crippen molar-refractivity contribution in [2.24, 2.45) is 12.8 Å². The number of aryl methyl sites for hydroxylation is 1. The molecule has 1 aromatic heterocycles. The van der Waals surface area contributed by atoms with Gasteiger partial charge in [-0.25, -0.2) is 0 Å². The van der Waals surface area contributed by atoms with Gasteiger partial charge in [-0.2, -0.15) is 5.10 Å². The number of aromatic nitrogens is 2. The Morgan fingerprint density at radius 2 is 1.95 bits per heavy atom. The highest BCUT2D eigenvalue weighted by molar-refractivity contribution is 5.79. The summed E-state index contributed by atoms with van der Waals surface area (Å²) >= 11 is 0. The third-order valence-electron chi connectivity index (χ3n) is 3.96. The Morgan fingerprint density at radius 1 is 1.25 bits per heavy atom. The molecule has 3 rings (SSSR count). The number of piperidine rings is 1. The lowest BCUT2D eigenvalue weighted by Crippen LogP contribution is -2.39. The summed E-state index contributed by atoms with van der Waals surface area (Å²) in [5.74, 6) is 0.283. The SMILES string of the molecule is Cn1ncc(N2CCC(N)CC2)c1-c1ccccc1O. The Hall–Kier alpha value is -2.01. The predicted octanol–water partition coefficient (Wildman–Crippen LogP) is 1.72. The number of phenolic OH excluding ortho intramolecular Hbond substituents is 1. The Kier molecular flexibility index (Phi) is 3.36. The highest BCUT2D eigenvalue weighted by Gasteiger charge is 2.22. The van der Waals surface area contributed by atoms with Crippen molar-refractivity contribution in [3.8, 4) is 17.0 Å². The van der Waals surface area contributed by atoms with Crippen molar-refractivity contribution in [1.29, 1.82) is 0 Å². The molecule has 1 fully saturated rings. The van der Waals surface area contributed by atoms with Crippen molar-refractivity contribution < 1.29 is 5.11 Å². The van der Waals surface area contributed by atoms with E-state index in [9.17, 15) is 5.11 Å². The zero-order valence-electron chi connectivity index (χ0n) is 11.7. The number of hydrogen-bond acceptors (Lipinski definition) is 4. The standard InChI is InChI=1S/C15H20N4O/c1-18-15(12-4-2-3-5-14(12)20)13(10-17-18)19-8-6-11(16)7-9-19/h2-5,10-11,20H,6-9,16H2,1H3. The van der Waals surface area contributed by atoms with Gasteiger partial charge >= 0.3 is 0 Å². The first kappa shape index (κ1) is 13.0. The molecule has 1 aliphatic rings. The number of aromatic hydroxyl groups is 1. The molecule has 1 aromatic carbocycles. The van der Waals surface area contributed by atoms with Gasteiger partial charge in [-0.05, 0) is 25.0 Å². The maximum absolute atomic E-state index is 10.1. The number of anilines is 1. The smallest absolute Gasteiger partial charge is 0.125 e. The highest BCUT2D eigenvalue weighted by Crippen LogP contribution is 2.36. The second-order valence-electron chi connectivity index (χ2n) is 5.34. The topological polar surface area (TPSA) is 67.3 Å². The quantitative estimate of drug-likeness (QED) is 0.873. The molecule has 0 spiro atoms. The van der Waals surface area contributed by atoms with Crippen molar-refractivity contribution in [1.82, 2.24) is 9.78 Å². The molecule has 0 amide bonds. The molecule has 0 bridgehead atoms. The second kappa shape index (κ2) is 5.17. The average molecular weight is 272 g/mol. The molecule has 0 aliphatic carbocycles. The Balaban J connectivity index is 2.00. The number of nitrogens with two attached hydrogens (primary N) is 1. The molecule has 0 unspecified atom stereocenters. The molecule has 0 radical (unpaired) electrons. The maximum atomic E-state index is 10.1. The van der Waals surface area contributed by atoms with Gasteiger partial charge in [0, 0.05) is 31.7 Å². The number of rotatable bonds is 2. The van der Waals surface area contributed by atoms with Gasteiger partial charge in [0.05, 0.1) is 17.6 Å². The molecule has 1 saturated heterocycles. The molecule has 2 aromatic rings. The average Bonchev–Trinajstić information content (AvgIpc) is 2.82. The minimum absolute atomic E-state index is 0.283. The van der Waals surface area contributed by atoms with E-state index in [1.54, 1.807) is 6.07 Å². The molecule has 0 saturated carbocycles. The molecule has 2 heterocycles. The van der Waals surface area contributed by atoms with E-state index in [1.807, 2.05) is 36.1 Å². The molecule has 20 heavy (non-hydrogen) atoms. The molecule has 3 N–H and O–H groups in total. The van der Waals surface area contributed by atoms with Crippen molar-refractivity contribution >= 4 is 5.69 Å². The van der Waals surface area contributed by atoms with Crippen LogP contribution in [0.25, 0.3) is 11.3 Å². The summed E-state index contributed by atoms with van der Waals surface area (Å²) in [5.41, 5.74) is 8.81. The van der Waals surface area contributed by atoms with Gasteiger partial charge in [0.25, 0.3) is 0 Å². The minimum Gasteiger partial charge on any atom is -0.507 e. The first-order chi connectivity index (χ1) is 9.66. The third kappa shape index (κ3) is 2.25. The van der Waals surface area contributed by atoms with Crippen LogP contribution >= 0.6 is 0 Å². The molecule has 106 valence electrons. The molecule has 5 heteroatoms. The highest BCUT2D eigenvalue weighted by atomic mass is 16.3. The molecular formula is C15H20N4O. The van der Waals surface area contributed by atoms with E-state index < -0.39 is 0 Å². The van der Waals surface area contributed by atoms with Gasteiger partial charge < -0.3 is 15.7 Å². The molecule has 1 aliphatic heterocycles. The lowest BCUT2D eigenvalue weighted by molar-refractivity contribution is 0.476. The van der Waals surface area contributed by atoms with Gasteiger partial charge in [0.1, 0.15) is 5.75 Å². The van der Waals surface area contributed by atoms with Gasteiger partial charge in [-0.3, -0.25) is 4.68 Å². The minimum atomic E-state index is 0.283. The van der Waals surface area contributed by atoms with Crippen LogP contribution in [0.1, 0.15) is 12.8 Å². The summed E-state index contributed by atoms with van der Waals surface area (Å²) in [6.07, 6.45) is 3.86. The first-order valence-electron chi connectivity index (χ1n) is 6.97. The van der Waals surface area contributed by atoms with Gasteiger partial charge in [-0.15, -0.1) is 0 Å². The van der Waals surface area contributed by atoms with Crippen molar-refractivity contribution in [3.05, 3.63) is 30.5 Å². The van der Waals surface area contributed by atoms with Crippen LogP contribution < -0.4 is 10.6 Å². The molecule has 5 nitrogen and oxygen atoms in total. The summed E-state index contributed by atoms with van der Waals surface area (Å²) in [5, 5.41) is 14.5. The van der Waals surface area contributed by atoms with Gasteiger partial charge in [0.15, 0.2) is 0 Å². The summed E-state index contributed by atoms with van der Waals surface area (Å²) in [7, 11) is 1.90. The van der Waals surface area contributed by atoms with Crippen LogP contribution in [0.5, 0.6) is 5.75 Å². The fourth-order valence-electron chi connectivity index (χ4n) is 2.78. The van der Waals surface area contributed by atoms with E-state index in [0.29, 0.717) is 6.04 Å². The van der Waals surface area contributed by atoms with Crippen LogP contribution in [0.4, 0.5) is 5.69 Å². The largest absolute Gasteiger partial charge is 0.507 e. The van der Waals surface area contributed by atoms with Crippen molar-refractivity contribution in [3.63, 3.8) is 0 Å². The van der Waals surface area contributed by atoms with E-state index in [1.165, 1.54) is 0 Å². The Morgan fingerprint density at radius 3 is 2.65 bits per heavy atom. The fraction of sp³-hybridized carbons (Fsp3) is 0.400. The number of hydrogen-bond donors (Lipinski definition) is 2. The summed E-state index contributed by atoms with van der Waals surface area (Å²) < 4.78 is 1.82. The zero-order chi connectivity index (χ0) is 14.1. The zero-order valence-corrected chi connectivity index (χ0v) is 11.7. The normalized spacial score (nSPS) is 16.6. The summed E-state index contributed by atoms with van der Waals surface area (Å²) in [6.45, 7) is 1.88. The van der Waals surface area contributed by atoms with Crippen molar-refractivity contribution in [2.75, 3.05) is 18.0 Å². The molecular weight excluding hydrogens is 252 g/mol. The van der Waals surface area contributed by atoms with Crippen LogP contribution in [0.3, 0.4) is 0 Å². The van der Waals surface area contributed by atoms with E-state index in [2.05, 4.69) is 10.00 Å². The molecule has 0 atom stereocenters. The fourth-order valence-corrected chi connectivity index (χ4v) is 2.78. The second-order valence-corrected chi connectivity index (χ2v) is 5.34. The van der Waals surface area contributed by atoms with E-state index in [4.69, 9.17) is 5.73 Å². The number of para-hydroxylation sites is 1. The number of phenols is 1. The van der Waals surface area contributed by atoms with Crippen molar-refractivity contribution in [2.45, 2.75) is 18.9 Å². The van der Waals surface area contributed by atoms with Crippen LogP contribution in [0.2, 0.25) is 0 Å².